The zero-order valence-electron chi connectivity index (χ0n) is 18.3. The molecule has 0 fully saturated rings. The Morgan fingerprint density at radius 1 is 1.03 bits per heavy atom. The van der Waals surface area contributed by atoms with E-state index in [1.807, 2.05) is 72.8 Å². The Labute approximate surface area is 205 Å². The minimum atomic E-state index is -0.472. The van der Waals surface area contributed by atoms with Gasteiger partial charge in [-0.1, -0.05) is 42.5 Å². The van der Waals surface area contributed by atoms with E-state index in [0.29, 0.717) is 28.3 Å². The summed E-state index contributed by atoms with van der Waals surface area (Å²) in [6, 6.07) is 22.8. The number of thioether (sulfide) groups is 1. The van der Waals surface area contributed by atoms with Crippen molar-refractivity contribution in [2.24, 2.45) is 10.1 Å². The SMILES string of the molecule is N=C1/C(=C\c2ccc(OCc3ccccc3)cc2)C(=O)N=C2SC(c3ccc4c(c3)OCO4)=NN12. The third-order valence-corrected chi connectivity index (χ3v) is 6.47. The summed E-state index contributed by atoms with van der Waals surface area (Å²) in [6.45, 7) is 0.656. The smallest absolute Gasteiger partial charge is 0.283 e. The summed E-state index contributed by atoms with van der Waals surface area (Å²) >= 11 is 1.24. The molecule has 0 atom stereocenters. The van der Waals surface area contributed by atoms with Crippen LogP contribution in [0.2, 0.25) is 0 Å². The predicted molar refractivity (Wildman–Crippen MR) is 134 cm³/mol. The van der Waals surface area contributed by atoms with Crippen molar-refractivity contribution in [2.45, 2.75) is 6.61 Å². The summed E-state index contributed by atoms with van der Waals surface area (Å²) in [4.78, 5) is 16.9. The van der Waals surface area contributed by atoms with Crippen LogP contribution in [0.4, 0.5) is 0 Å². The van der Waals surface area contributed by atoms with Crippen LogP contribution < -0.4 is 14.2 Å². The Hall–Kier alpha value is -4.37. The van der Waals surface area contributed by atoms with Gasteiger partial charge in [-0.05, 0) is 59.3 Å². The van der Waals surface area contributed by atoms with Crippen LogP contribution in [-0.2, 0) is 11.4 Å². The van der Waals surface area contributed by atoms with Gasteiger partial charge in [-0.25, -0.2) is 0 Å². The number of carbonyl (C=O) groups excluding carboxylic acids is 1. The van der Waals surface area contributed by atoms with Crippen molar-refractivity contribution in [3.63, 3.8) is 0 Å². The first-order valence-electron chi connectivity index (χ1n) is 10.8. The highest BCUT2D eigenvalue weighted by Crippen LogP contribution is 2.36. The normalized spacial score (nSPS) is 17.4. The van der Waals surface area contributed by atoms with E-state index in [9.17, 15) is 4.79 Å². The van der Waals surface area contributed by atoms with Crippen molar-refractivity contribution in [3.05, 3.63) is 95.1 Å². The zero-order chi connectivity index (χ0) is 23.8. The molecule has 0 spiro atoms. The summed E-state index contributed by atoms with van der Waals surface area (Å²) in [6.07, 6.45) is 1.64. The second-order valence-corrected chi connectivity index (χ2v) is 8.79. The van der Waals surface area contributed by atoms with Crippen molar-refractivity contribution >= 4 is 39.8 Å². The van der Waals surface area contributed by atoms with E-state index in [2.05, 4.69) is 10.1 Å². The third kappa shape index (κ3) is 4.17. The van der Waals surface area contributed by atoms with Gasteiger partial charge in [0, 0.05) is 5.56 Å². The number of carbonyl (C=O) groups is 1. The highest BCUT2D eigenvalue weighted by molar-refractivity contribution is 8.27. The lowest BCUT2D eigenvalue weighted by molar-refractivity contribution is -0.114. The van der Waals surface area contributed by atoms with E-state index in [1.165, 1.54) is 16.8 Å². The quantitative estimate of drug-likeness (QED) is 0.532. The van der Waals surface area contributed by atoms with Gasteiger partial charge in [-0.2, -0.15) is 15.1 Å². The fourth-order valence-electron chi connectivity index (χ4n) is 3.71. The largest absolute Gasteiger partial charge is 0.489 e. The van der Waals surface area contributed by atoms with Gasteiger partial charge in [0.15, 0.2) is 17.3 Å². The van der Waals surface area contributed by atoms with Crippen LogP contribution in [0.25, 0.3) is 6.08 Å². The number of rotatable bonds is 5. The van der Waals surface area contributed by atoms with Crippen molar-refractivity contribution in [1.29, 1.82) is 5.41 Å². The first-order valence-corrected chi connectivity index (χ1v) is 11.6. The van der Waals surface area contributed by atoms with Crippen LogP contribution in [0.1, 0.15) is 16.7 Å². The molecule has 3 aromatic carbocycles. The Morgan fingerprint density at radius 3 is 2.66 bits per heavy atom. The minimum Gasteiger partial charge on any atom is -0.489 e. The van der Waals surface area contributed by atoms with Crippen LogP contribution in [-0.4, -0.2) is 33.8 Å². The number of ether oxygens (including phenoxy) is 3. The van der Waals surface area contributed by atoms with Gasteiger partial charge in [-0.15, -0.1) is 0 Å². The summed E-state index contributed by atoms with van der Waals surface area (Å²) in [5.41, 5.74) is 2.81. The van der Waals surface area contributed by atoms with E-state index in [1.54, 1.807) is 6.08 Å². The predicted octanol–water partition coefficient (Wildman–Crippen LogP) is 4.66. The summed E-state index contributed by atoms with van der Waals surface area (Å²) in [5, 5.41) is 15.5. The molecule has 0 radical (unpaired) electrons. The summed E-state index contributed by atoms with van der Waals surface area (Å²) in [5.74, 6) is 1.54. The molecule has 0 aromatic heterocycles. The molecule has 0 saturated carbocycles. The third-order valence-electron chi connectivity index (χ3n) is 5.51. The van der Waals surface area contributed by atoms with Crippen molar-refractivity contribution < 1.29 is 19.0 Å². The van der Waals surface area contributed by atoms with Crippen LogP contribution in [0.15, 0.2) is 88.5 Å². The van der Waals surface area contributed by atoms with Gasteiger partial charge in [0.05, 0.1) is 5.57 Å². The fraction of sp³-hybridized carbons (Fsp3) is 0.0769. The highest BCUT2D eigenvalue weighted by Gasteiger charge is 2.36. The molecule has 6 rings (SSSR count). The molecule has 172 valence electrons. The number of nitrogens with zero attached hydrogens (tertiary/aromatic N) is 3. The van der Waals surface area contributed by atoms with Crippen molar-refractivity contribution in [1.82, 2.24) is 5.01 Å². The van der Waals surface area contributed by atoms with Gasteiger partial charge in [0.1, 0.15) is 17.4 Å². The molecule has 35 heavy (non-hydrogen) atoms. The molecule has 8 nitrogen and oxygen atoms in total. The molecular formula is C26H18N4O4S. The number of nitrogens with one attached hydrogen (secondary N) is 1. The van der Waals surface area contributed by atoms with Crippen LogP contribution in [0.5, 0.6) is 17.2 Å². The molecule has 3 aromatic rings. The fourth-order valence-corrected chi connectivity index (χ4v) is 4.59. The topological polar surface area (TPSA) is 96.6 Å². The molecule has 3 aliphatic rings. The molecule has 0 saturated heterocycles. The Morgan fingerprint density at radius 2 is 1.83 bits per heavy atom. The van der Waals surface area contributed by atoms with Crippen molar-refractivity contribution in [2.75, 3.05) is 6.79 Å². The number of aliphatic imine (C=N–C) groups is 1. The molecule has 3 heterocycles. The lowest BCUT2D eigenvalue weighted by Gasteiger charge is -2.20. The Kier molecular flexibility index (Phi) is 5.31. The number of amides is 1. The highest BCUT2D eigenvalue weighted by atomic mass is 32.2. The number of benzene rings is 3. The second kappa shape index (κ2) is 8.77. The Bertz CT molecular complexity index is 1430. The maximum Gasteiger partial charge on any atom is 0.283 e. The van der Waals surface area contributed by atoms with E-state index in [0.717, 1.165) is 22.4 Å². The van der Waals surface area contributed by atoms with Crippen molar-refractivity contribution in [3.8, 4) is 17.2 Å². The molecule has 9 heteroatoms. The van der Waals surface area contributed by atoms with Crippen LogP contribution >= 0.6 is 11.8 Å². The first-order chi connectivity index (χ1) is 17.1. The van der Waals surface area contributed by atoms with Gasteiger partial charge in [0.2, 0.25) is 12.0 Å². The van der Waals surface area contributed by atoms with Gasteiger partial charge in [0.25, 0.3) is 5.91 Å². The monoisotopic (exact) mass is 482 g/mol. The van der Waals surface area contributed by atoms with E-state index >= 15 is 0 Å². The molecule has 0 aliphatic carbocycles. The summed E-state index contributed by atoms with van der Waals surface area (Å²) in [7, 11) is 0. The number of hydrogen-bond donors (Lipinski definition) is 1. The molecule has 1 N–H and O–H groups in total. The van der Waals surface area contributed by atoms with E-state index in [4.69, 9.17) is 19.6 Å². The minimum absolute atomic E-state index is 0.0207. The maximum atomic E-state index is 12.7. The average molecular weight is 483 g/mol. The van der Waals surface area contributed by atoms with Gasteiger partial charge in [-0.3, -0.25) is 10.2 Å². The Balaban J connectivity index is 1.19. The van der Waals surface area contributed by atoms with E-state index < -0.39 is 5.91 Å². The summed E-state index contributed by atoms with van der Waals surface area (Å²) < 4.78 is 16.6. The zero-order valence-corrected chi connectivity index (χ0v) is 19.1. The lowest BCUT2D eigenvalue weighted by atomic mass is 10.1. The molecule has 1 amide bonds. The van der Waals surface area contributed by atoms with Gasteiger partial charge >= 0.3 is 0 Å². The van der Waals surface area contributed by atoms with Gasteiger partial charge < -0.3 is 14.2 Å². The van der Waals surface area contributed by atoms with Crippen LogP contribution in [0.3, 0.4) is 0 Å². The molecule has 0 bridgehead atoms. The second-order valence-electron chi connectivity index (χ2n) is 7.84. The maximum absolute atomic E-state index is 12.7. The average Bonchev–Trinajstić information content (AvgIpc) is 3.53. The van der Waals surface area contributed by atoms with Crippen LogP contribution in [0, 0.1) is 5.41 Å². The molecule has 3 aliphatic heterocycles. The number of amidine groups is 2. The number of fused-ring (bicyclic) bond motifs is 2. The van der Waals surface area contributed by atoms with E-state index in [-0.39, 0.29) is 18.2 Å². The number of hydrogen-bond acceptors (Lipinski definition) is 7. The first kappa shape index (κ1) is 21.2. The molecular weight excluding hydrogens is 464 g/mol. The molecule has 0 unspecified atom stereocenters. The standard InChI is InChI=1S/C26H18N4O4S/c27-23-20(12-16-6-9-19(10-7-16)32-14-17-4-2-1-3-5-17)24(31)28-26-30(23)29-25(35-26)18-8-11-21-22(13-18)34-15-33-21/h1-13,27H,14-15H2/b20-12+,27-23?. The number of hydrazone groups is 1. The lowest BCUT2D eigenvalue weighted by Crippen LogP contribution is -2.35.